The van der Waals surface area contributed by atoms with Crippen LogP contribution < -0.4 is 0 Å². The summed E-state index contributed by atoms with van der Waals surface area (Å²) in [4.78, 5) is 11.3. The second-order valence-corrected chi connectivity index (χ2v) is 3.66. The molecule has 0 unspecified atom stereocenters. The number of carbonyl (C=O) groups is 1. The van der Waals surface area contributed by atoms with Crippen molar-refractivity contribution in [2.45, 2.75) is 0 Å². The fourth-order valence-corrected chi connectivity index (χ4v) is 1.78. The third kappa shape index (κ3) is 1.61. The molecule has 0 aromatic carbocycles. The minimum atomic E-state index is -0.539. The highest BCUT2D eigenvalue weighted by Crippen LogP contribution is 2.19. The fraction of sp³-hybridized carbons (Fsp3) is 0.111. The molecule has 0 radical (unpaired) electrons. The van der Waals surface area contributed by atoms with Crippen LogP contribution in [0.2, 0.25) is 0 Å². The van der Waals surface area contributed by atoms with E-state index in [9.17, 15) is 9.18 Å². The zero-order valence-corrected chi connectivity index (χ0v) is 9.28. The van der Waals surface area contributed by atoms with Crippen LogP contribution in [0.15, 0.2) is 22.9 Å². The number of hydrogen-bond donors (Lipinski definition) is 0. The molecule has 78 valence electrons. The second kappa shape index (κ2) is 3.62. The zero-order chi connectivity index (χ0) is 11.0. The molecule has 2 heterocycles. The van der Waals surface area contributed by atoms with Gasteiger partial charge in [-0.15, -0.1) is 0 Å². The van der Waals surface area contributed by atoms with Gasteiger partial charge in [-0.25, -0.2) is 13.7 Å². The lowest BCUT2D eigenvalue weighted by atomic mass is 10.2. The van der Waals surface area contributed by atoms with Crippen molar-refractivity contribution >= 4 is 27.4 Å². The van der Waals surface area contributed by atoms with Crippen molar-refractivity contribution < 1.29 is 13.9 Å². The smallest absolute Gasteiger partial charge is 0.341 e. The first-order chi connectivity index (χ1) is 7.13. The Kier molecular flexibility index (Phi) is 2.44. The number of carbonyl (C=O) groups excluding carboxylic acids is 1. The van der Waals surface area contributed by atoms with Crippen molar-refractivity contribution in [3.8, 4) is 0 Å². The Morgan fingerprint density at radius 1 is 1.60 bits per heavy atom. The number of halogens is 2. The molecule has 0 fully saturated rings. The second-order valence-electron chi connectivity index (χ2n) is 2.84. The predicted molar refractivity (Wildman–Crippen MR) is 54.2 cm³/mol. The van der Waals surface area contributed by atoms with Crippen LogP contribution in [0.25, 0.3) is 5.52 Å². The van der Waals surface area contributed by atoms with Gasteiger partial charge in [0.15, 0.2) is 0 Å². The van der Waals surface area contributed by atoms with Gasteiger partial charge in [0.05, 0.1) is 18.8 Å². The molecule has 0 aliphatic rings. The summed E-state index contributed by atoms with van der Waals surface area (Å²) in [5.41, 5.74) is 0.603. The summed E-state index contributed by atoms with van der Waals surface area (Å²) in [5, 5.41) is 3.93. The molecule has 2 aromatic heterocycles. The molecular formula is C9H6BrFN2O2. The monoisotopic (exact) mass is 272 g/mol. The molecule has 0 amide bonds. The van der Waals surface area contributed by atoms with Crippen molar-refractivity contribution in [2.75, 3.05) is 7.11 Å². The Balaban J connectivity index is 2.74. The van der Waals surface area contributed by atoms with Gasteiger partial charge in [-0.1, -0.05) is 0 Å². The normalized spacial score (nSPS) is 10.6. The highest BCUT2D eigenvalue weighted by molar-refractivity contribution is 9.10. The number of fused-ring (bicyclic) bond motifs is 1. The molecule has 0 bridgehead atoms. The van der Waals surface area contributed by atoms with E-state index in [1.807, 2.05) is 0 Å². The molecule has 0 aliphatic heterocycles. The summed E-state index contributed by atoms with van der Waals surface area (Å²) < 4.78 is 19.5. The summed E-state index contributed by atoms with van der Waals surface area (Å²) in [6.07, 6.45) is 1.34. The highest BCUT2D eigenvalue weighted by Gasteiger charge is 2.14. The zero-order valence-electron chi connectivity index (χ0n) is 7.70. The SMILES string of the molecule is COC(=O)c1cnn2c(Br)cc(F)cc12. The van der Waals surface area contributed by atoms with E-state index >= 15 is 0 Å². The molecule has 0 N–H and O–H groups in total. The van der Waals surface area contributed by atoms with Gasteiger partial charge in [0.2, 0.25) is 0 Å². The van der Waals surface area contributed by atoms with E-state index in [1.54, 1.807) is 0 Å². The average Bonchev–Trinajstić information content (AvgIpc) is 2.60. The molecule has 15 heavy (non-hydrogen) atoms. The van der Waals surface area contributed by atoms with Crippen LogP contribution in [-0.2, 0) is 4.74 Å². The number of pyridine rings is 1. The first-order valence-corrected chi connectivity index (χ1v) is 4.84. The summed E-state index contributed by atoms with van der Waals surface area (Å²) in [5.74, 6) is -0.984. The van der Waals surface area contributed by atoms with Gasteiger partial charge in [0.1, 0.15) is 16.0 Å². The largest absolute Gasteiger partial charge is 0.465 e. The van der Waals surface area contributed by atoms with Crippen molar-refractivity contribution in [3.63, 3.8) is 0 Å². The topological polar surface area (TPSA) is 43.6 Å². The molecule has 0 aliphatic carbocycles. The number of rotatable bonds is 1. The van der Waals surface area contributed by atoms with Crippen molar-refractivity contribution in [2.24, 2.45) is 0 Å². The van der Waals surface area contributed by atoms with Crippen molar-refractivity contribution in [1.29, 1.82) is 0 Å². The summed E-state index contributed by atoms with van der Waals surface area (Å²) in [6, 6.07) is 2.49. The van der Waals surface area contributed by atoms with Crippen LogP contribution in [0.3, 0.4) is 0 Å². The Bertz CT molecular complexity index is 538. The molecule has 0 saturated heterocycles. The maximum absolute atomic E-state index is 13.1. The molecule has 4 nitrogen and oxygen atoms in total. The number of nitrogens with zero attached hydrogens (tertiary/aromatic N) is 2. The number of methoxy groups -OCH3 is 1. The summed E-state index contributed by atoms with van der Waals surface area (Å²) in [6.45, 7) is 0. The van der Waals surface area contributed by atoms with Crippen LogP contribution in [-0.4, -0.2) is 22.7 Å². The Morgan fingerprint density at radius 3 is 3.00 bits per heavy atom. The Labute approximate surface area is 92.8 Å². The van der Waals surface area contributed by atoms with E-state index in [4.69, 9.17) is 0 Å². The third-order valence-electron chi connectivity index (χ3n) is 1.95. The minimum Gasteiger partial charge on any atom is -0.465 e. The standard InChI is InChI=1S/C9H6BrFN2O2/c1-15-9(14)6-4-12-13-7(6)2-5(11)3-8(13)10/h2-4H,1H3. The van der Waals surface area contributed by atoms with Gasteiger partial charge in [-0.05, 0) is 15.9 Å². The summed E-state index contributed by atoms with van der Waals surface area (Å²) >= 11 is 3.14. The average molecular weight is 273 g/mol. The lowest BCUT2D eigenvalue weighted by molar-refractivity contribution is 0.0603. The van der Waals surface area contributed by atoms with Crippen LogP contribution in [0.5, 0.6) is 0 Å². The lowest BCUT2D eigenvalue weighted by Gasteiger charge is -1.99. The maximum Gasteiger partial charge on any atom is 0.341 e. The first kappa shape index (κ1) is 10.1. The molecule has 6 heteroatoms. The van der Waals surface area contributed by atoms with E-state index in [0.29, 0.717) is 10.1 Å². The maximum atomic E-state index is 13.1. The van der Waals surface area contributed by atoms with E-state index in [0.717, 1.165) is 0 Å². The van der Waals surface area contributed by atoms with Crippen LogP contribution in [0.1, 0.15) is 10.4 Å². The van der Waals surface area contributed by atoms with Gasteiger partial charge in [0.25, 0.3) is 0 Å². The summed E-state index contributed by atoms with van der Waals surface area (Å²) in [7, 11) is 1.26. The molecule has 0 spiro atoms. The molecule has 0 saturated carbocycles. The van der Waals surface area contributed by atoms with Gasteiger partial charge in [-0.3, -0.25) is 0 Å². The molecular weight excluding hydrogens is 267 g/mol. The van der Waals surface area contributed by atoms with Gasteiger partial charge >= 0.3 is 5.97 Å². The van der Waals surface area contributed by atoms with E-state index in [1.165, 1.54) is 30.0 Å². The highest BCUT2D eigenvalue weighted by atomic mass is 79.9. The number of aromatic nitrogens is 2. The Morgan fingerprint density at radius 2 is 2.33 bits per heavy atom. The first-order valence-electron chi connectivity index (χ1n) is 4.04. The third-order valence-corrected chi connectivity index (χ3v) is 2.51. The number of esters is 1. The van der Waals surface area contributed by atoms with E-state index in [-0.39, 0.29) is 5.56 Å². The van der Waals surface area contributed by atoms with E-state index in [2.05, 4.69) is 25.8 Å². The minimum absolute atomic E-state index is 0.234. The van der Waals surface area contributed by atoms with Crippen LogP contribution in [0, 0.1) is 5.82 Å². The quantitative estimate of drug-likeness (QED) is 0.589. The van der Waals surface area contributed by atoms with Gasteiger partial charge in [-0.2, -0.15) is 5.10 Å². The van der Waals surface area contributed by atoms with Crippen LogP contribution >= 0.6 is 15.9 Å². The molecule has 0 atom stereocenters. The molecule has 2 rings (SSSR count). The fourth-order valence-electron chi connectivity index (χ4n) is 1.28. The lowest BCUT2D eigenvalue weighted by Crippen LogP contribution is -2.00. The van der Waals surface area contributed by atoms with Crippen molar-refractivity contribution in [1.82, 2.24) is 9.61 Å². The van der Waals surface area contributed by atoms with Gasteiger partial charge in [0, 0.05) is 12.1 Å². The Hall–Kier alpha value is -1.43. The molecule has 2 aromatic rings. The van der Waals surface area contributed by atoms with E-state index < -0.39 is 11.8 Å². The van der Waals surface area contributed by atoms with Gasteiger partial charge < -0.3 is 4.74 Å². The van der Waals surface area contributed by atoms with Crippen molar-refractivity contribution in [3.05, 3.63) is 34.3 Å². The van der Waals surface area contributed by atoms with Crippen LogP contribution in [0.4, 0.5) is 4.39 Å². The number of hydrogen-bond acceptors (Lipinski definition) is 3. The predicted octanol–water partition coefficient (Wildman–Crippen LogP) is 2.02. The number of ether oxygens (including phenoxy) is 1.